The van der Waals surface area contributed by atoms with Gasteiger partial charge in [-0.3, -0.25) is 14.5 Å². The highest BCUT2D eigenvalue weighted by molar-refractivity contribution is 6.21. The summed E-state index contributed by atoms with van der Waals surface area (Å²) in [5, 5.41) is 9.27. The van der Waals surface area contributed by atoms with Gasteiger partial charge in [0.25, 0.3) is 11.8 Å². The van der Waals surface area contributed by atoms with Gasteiger partial charge in [-0.05, 0) is 42.7 Å². The number of hydrogen-bond donors (Lipinski definition) is 2. The molecule has 0 saturated heterocycles. The fraction of sp³-hybridized carbons (Fsp3) is 0.222. The van der Waals surface area contributed by atoms with E-state index in [-0.39, 0.29) is 23.6 Å². The maximum Gasteiger partial charge on any atom is 0.261 e. The zero-order valence-corrected chi connectivity index (χ0v) is 12.6. The quantitative estimate of drug-likeness (QED) is 0.827. The Hall–Kier alpha value is -2.66. The summed E-state index contributed by atoms with van der Waals surface area (Å²) < 4.78 is 0. The van der Waals surface area contributed by atoms with Gasteiger partial charge in [0.05, 0.1) is 11.1 Å². The van der Waals surface area contributed by atoms with Crippen LogP contribution in [0.3, 0.4) is 0 Å². The van der Waals surface area contributed by atoms with E-state index in [0.717, 1.165) is 5.56 Å². The average Bonchev–Trinajstić information content (AvgIpc) is 2.80. The molecule has 1 aliphatic rings. The number of phenolic OH excluding ortho intramolecular Hbond substituents is 1. The molecule has 118 valence electrons. The van der Waals surface area contributed by atoms with Gasteiger partial charge in [0.2, 0.25) is 0 Å². The minimum absolute atomic E-state index is 0.163. The number of fused-ring (bicyclic) bond motifs is 1. The van der Waals surface area contributed by atoms with Crippen LogP contribution in [0, 0.1) is 0 Å². The largest absolute Gasteiger partial charge is 0.508 e. The molecule has 0 bridgehead atoms. The first kappa shape index (κ1) is 15.2. The van der Waals surface area contributed by atoms with Gasteiger partial charge < -0.3 is 10.8 Å². The Bertz CT molecular complexity index is 705. The Morgan fingerprint density at radius 1 is 0.957 bits per heavy atom. The van der Waals surface area contributed by atoms with E-state index in [9.17, 15) is 14.7 Å². The fourth-order valence-corrected chi connectivity index (χ4v) is 2.77. The van der Waals surface area contributed by atoms with E-state index >= 15 is 0 Å². The Morgan fingerprint density at radius 2 is 1.52 bits per heavy atom. The summed E-state index contributed by atoms with van der Waals surface area (Å²) in [5.41, 5.74) is 8.04. The lowest BCUT2D eigenvalue weighted by atomic mass is 10.0. The molecule has 2 amide bonds. The Kier molecular flexibility index (Phi) is 4.12. The second-order valence-electron chi connectivity index (χ2n) is 5.73. The molecular weight excluding hydrogens is 292 g/mol. The summed E-state index contributed by atoms with van der Waals surface area (Å²) in [7, 11) is 0. The molecule has 0 aromatic heterocycles. The number of aromatic hydroxyl groups is 1. The van der Waals surface area contributed by atoms with Crippen molar-refractivity contribution >= 4 is 11.8 Å². The van der Waals surface area contributed by atoms with Crippen LogP contribution in [0.2, 0.25) is 0 Å². The number of rotatable bonds is 5. The topological polar surface area (TPSA) is 83.6 Å². The van der Waals surface area contributed by atoms with Gasteiger partial charge in [-0.1, -0.05) is 24.3 Å². The van der Waals surface area contributed by atoms with Crippen molar-refractivity contribution in [3.05, 3.63) is 65.2 Å². The third-order valence-electron chi connectivity index (χ3n) is 4.04. The number of imide groups is 1. The lowest BCUT2D eigenvalue weighted by Crippen LogP contribution is -2.35. The number of phenols is 1. The maximum atomic E-state index is 12.3. The monoisotopic (exact) mass is 310 g/mol. The number of hydrogen-bond acceptors (Lipinski definition) is 4. The fourth-order valence-electron chi connectivity index (χ4n) is 2.77. The number of benzene rings is 2. The highest BCUT2D eigenvalue weighted by atomic mass is 16.3. The average molecular weight is 310 g/mol. The van der Waals surface area contributed by atoms with Crippen LogP contribution < -0.4 is 5.73 Å². The van der Waals surface area contributed by atoms with Gasteiger partial charge in [0.15, 0.2) is 0 Å². The standard InChI is InChI=1S/C18H18N2O3/c19-13(11-12-5-7-14(21)8-6-12)9-10-20-17(22)15-3-1-2-4-16(15)18(20)23/h1-8,13,21H,9-11,19H2/t13-/m1/s1. The van der Waals surface area contributed by atoms with E-state index in [1.165, 1.54) is 4.90 Å². The number of nitrogens with two attached hydrogens (primary N) is 1. The van der Waals surface area contributed by atoms with Crippen LogP contribution >= 0.6 is 0 Å². The normalized spacial score (nSPS) is 14.9. The summed E-state index contributed by atoms with van der Waals surface area (Å²) in [4.78, 5) is 25.8. The highest BCUT2D eigenvalue weighted by Gasteiger charge is 2.34. The van der Waals surface area contributed by atoms with E-state index in [1.807, 2.05) is 12.1 Å². The second kappa shape index (κ2) is 6.22. The molecule has 1 heterocycles. The summed E-state index contributed by atoms with van der Waals surface area (Å²) in [6, 6.07) is 13.6. The molecule has 3 rings (SSSR count). The molecule has 2 aromatic carbocycles. The number of carbonyl (C=O) groups is 2. The molecule has 1 aliphatic heterocycles. The zero-order chi connectivity index (χ0) is 16.4. The van der Waals surface area contributed by atoms with Crippen molar-refractivity contribution in [1.29, 1.82) is 0 Å². The lowest BCUT2D eigenvalue weighted by Gasteiger charge is -2.17. The second-order valence-corrected chi connectivity index (χ2v) is 5.73. The van der Waals surface area contributed by atoms with Gasteiger partial charge in [0, 0.05) is 12.6 Å². The van der Waals surface area contributed by atoms with Crippen molar-refractivity contribution in [3.63, 3.8) is 0 Å². The van der Waals surface area contributed by atoms with Crippen molar-refractivity contribution in [2.45, 2.75) is 18.9 Å². The molecule has 23 heavy (non-hydrogen) atoms. The number of nitrogens with zero attached hydrogens (tertiary/aromatic N) is 1. The predicted octanol–water partition coefficient (Wildman–Crippen LogP) is 1.95. The summed E-state index contributed by atoms with van der Waals surface area (Å²) >= 11 is 0. The van der Waals surface area contributed by atoms with Crippen molar-refractivity contribution < 1.29 is 14.7 Å². The Morgan fingerprint density at radius 3 is 2.09 bits per heavy atom. The smallest absolute Gasteiger partial charge is 0.261 e. The molecule has 0 radical (unpaired) electrons. The van der Waals surface area contributed by atoms with Gasteiger partial charge in [0.1, 0.15) is 5.75 Å². The van der Waals surface area contributed by atoms with Crippen LogP contribution in [0.4, 0.5) is 0 Å². The molecule has 0 fully saturated rings. The van der Waals surface area contributed by atoms with Crippen molar-refractivity contribution in [2.75, 3.05) is 6.54 Å². The molecule has 0 spiro atoms. The third-order valence-corrected chi connectivity index (χ3v) is 4.04. The first-order valence-corrected chi connectivity index (χ1v) is 7.55. The Balaban J connectivity index is 1.59. The number of amides is 2. The molecule has 5 heteroatoms. The number of carbonyl (C=O) groups excluding carboxylic acids is 2. The summed E-state index contributed by atoms with van der Waals surface area (Å²) in [6.45, 7) is 0.311. The summed E-state index contributed by atoms with van der Waals surface area (Å²) in [5.74, 6) is -0.279. The molecule has 3 N–H and O–H groups in total. The predicted molar refractivity (Wildman–Crippen MR) is 86.2 cm³/mol. The van der Waals surface area contributed by atoms with Crippen LogP contribution in [0.15, 0.2) is 48.5 Å². The zero-order valence-electron chi connectivity index (χ0n) is 12.6. The third kappa shape index (κ3) is 3.10. The van der Waals surface area contributed by atoms with Crippen LogP contribution in [0.1, 0.15) is 32.7 Å². The van der Waals surface area contributed by atoms with E-state index in [4.69, 9.17) is 5.73 Å². The van der Waals surface area contributed by atoms with Gasteiger partial charge in [-0.25, -0.2) is 0 Å². The molecular formula is C18H18N2O3. The van der Waals surface area contributed by atoms with E-state index in [2.05, 4.69) is 0 Å². The molecule has 0 saturated carbocycles. The molecule has 0 aliphatic carbocycles. The maximum absolute atomic E-state index is 12.3. The van der Waals surface area contributed by atoms with Crippen molar-refractivity contribution in [2.24, 2.45) is 5.73 Å². The molecule has 0 unspecified atom stereocenters. The van der Waals surface area contributed by atoms with E-state index in [0.29, 0.717) is 30.5 Å². The van der Waals surface area contributed by atoms with Gasteiger partial charge in [-0.2, -0.15) is 0 Å². The van der Waals surface area contributed by atoms with Gasteiger partial charge >= 0.3 is 0 Å². The molecule has 2 aromatic rings. The lowest BCUT2D eigenvalue weighted by molar-refractivity contribution is 0.0650. The molecule has 1 atom stereocenters. The molecule has 5 nitrogen and oxygen atoms in total. The highest BCUT2D eigenvalue weighted by Crippen LogP contribution is 2.22. The van der Waals surface area contributed by atoms with Crippen LogP contribution in [0.5, 0.6) is 5.75 Å². The first-order chi connectivity index (χ1) is 11.1. The van der Waals surface area contributed by atoms with E-state index in [1.54, 1.807) is 36.4 Å². The van der Waals surface area contributed by atoms with Crippen molar-refractivity contribution in [3.8, 4) is 5.75 Å². The van der Waals surface area contributed by atoms with Gasteiger partial charge in [-0.15, -0.1) is 0 Å². The minimum Gasteiger partial charge on any atom is -0.508 e. The summed E-state index contributed by atoms with van der Waals surface area (Å²) in [6.07, 6.45) is 1.16. The van der Waals surface area contributed by atoms with Crippen LogP contribution in [0.25, 0.3) is 0 Å². The minimum atomic E-state index is -0.248. The Labute approximate surface area is 134 Å². The SMILES string of the molecule is N[C@H](CCN1C(=O)c2ccccc2C1=O)Cc1ccc(O)cc1. The van der Waals surface area contributed by atoms with Crippen molar-refractivity contribution in [1.82, 2.24) is 4.90 Å². The van der Waals surface area contributed by atoms with Crippen LogP contribution in [-0.2, 0) is 6.42 Å². The van der Waals surface area contributed by atoms with E-state index < -0.39 is 0 Å². The first-order valence-electron chi connectivity index (χ1n) is 7.55. The van der Waals surface area contributed by atoms with Crippen LogP contribution in [-0.4, -0.2) is 34.4 Å².